The maximum atomic E-state index is 5.38. The highest BCUT2D eigenvalue weighted by Gasteiger charge is 2.27. The minimum atomic E-state index is 0.359. The Kier molecular flexibility index (Phi) is 5.60. The lowest BCUT2D eigenvalue weighted by atomic mass is 9.78. The van der Waals surface area contributed by atoms with E-state index in [4.69, 9.17) is 9.47 Å². The Morgan fingerprint density at radius 2 is 2.14 bits per heavy atom. The fourth-order valence-corrected chi connectivity index (χ4v) is 1.94. The highest BCUT2D eigenvalue weighted by Crippen LogP contribution is 2.35. The van der Waals surface area contributed by atoms with Crippen molar-refractivity contribution >= 4 is 12.6 Å². The van der Waals surface area contributed by atoms with Gasteiger partial charge in [-0.25, -0.2) is 0 Å². The molecule has 0 bridgehead atoms. The minimum Gasteiger partial charge on any atom is -0.381 e. The molecule has 0 aliphatic carbocycles. The smallest absolute Gasteiger partial charge is 0.0896 e. The van der Waals surface area contributed by atoms with Gasteiger partial charge in [0.2, 0.25) is 0 Å². The molecule has 1 heterocycles. The fraction of sp³-hybridized carbons (Fsp3) is 0.818. The second kappa shape index (κ2) is 6.49. The van der Waals surface area contributed by atoms with Gasteiger partial charge in [0.05, 0.1) is 12.5 Å². The summed E-state index contributed by atoms with van der Waals surface area (Å²) in [5, 5.41) is 0. The third-order valence-electron chi connectivity index (χ3n) is 2.97. The molecule has 0 spiro atoms. The molecule has 0 saturated carbocycles. The Balaban J connectivity index is 2.39. The molecule has 14 heavy (non-hydrogen) atoms. The molecule has 1 rings (SSSR count). The number of hydrogen-bond donors (Lipinski definition) is 1. The summed E-state index contributed by atoms with van der Waals surface area (Å²) in [5.74, 6) is 0.493. The van der Waals surface area contributed by atoms with E-state index in [1.807, 2.05) is 0 Å². The molecule has 1 aliphatic heterocycles. The molecule has 2 nitrogen and oxygen atoms in total. The first-order valence-electron chi connectivity index (χ1n) is 5.27. The van der Waals surface area contributed by atoms with Gasteiger partial charge in [0.1, 0.15) is 0 Å². The van der Waals surface area contributed by atoms with E-state index in [9.17, 15) is 0 Å². The Labute approximate surface area is 92.1 Å². The van der Waals surface area contributed by atoms with Crippen molar-refractivity contribution in [3.63, 3.8) is 0 Å². The lowest BCUT2D eigenvalue weighted by Gasteiger charge is -2.33. The highest BCUT2D eigenvalue weighted by molar-refractivity contribution is 7.80. The van der Waals surface area contributed by atoms with Crippen LogP contribution in [0.2, 0.25) is 0 Å². The number of thiol groups is 1. The molecule has 3 heteroatoms. The van der Waals surface area contributed by atoms with E-state index in [1.54, 1.807) is 0 Å². The molecule has 0 radical (unpaired) electrons. The van der Waals surface area contributed by atoms with E-state index in [2.05, 4.69) is 31.7 Å². The molecule has 82 valence electrons. The Bertz CT molecular complexity index is 174. The van der Waals surface area contributed by atoms with Crippen molar-refractivity contribution in [2.45, 2.75) is 26.2 Å². The van der Waals surface area contributed by atoms with E-state index in [0.717, 1.165) is 26.1 Å². The third-order valence-corrected chi connectivity index (χ3v) is 3.15. The number of hydrogen-bond acceptors (Lipinski definition) is 3. The van der Waals surface area contributed by atoms with Crippen LogP contribution in [-0.4, -0.2) is 25.8 Å². The summed E-state index contributed by atoms with van der Waals surface area (Å²) in [7, 11) is 0. The van der Waals surface area contributed by atoms with Crippen LogP contribution in [0.4, 0.5) is 0 Å². The van der Waals surface area contributed by atoms with Gasteiger partial charge in [-0.3, -0.25) is 0 Å². The average Bonchev–Trinajstić information content (AvgIpc) is 2.26. The van der Waals surface area contributed by atoms with Crippen LogP contribution in [0.3, 0.4) is 0 Å². The quantitative estimate of drug-likeness (QED) is 0.330. The fourth-order valence-electron chi connectivity index (χ4n) is 1.83. The summed E-state index contributed by atoms with van der Waals surface area (Å²) in [5.41, 5.74) is 0.359. The van der Waals surface area contributed by atoms with Gasteiger partial charge >= 0.3 is 0 Å². The molecule has 0 unspecified atom stereocenters. The summed E-state index contributed by atoms with van der Waals surface area (Å²) >= 11 is 3.99. The van der Waals surface area contributed by atoms with Crippen molar-refractivity contribution < 1.29 is 9.47 Å². The van der Waals surface area contributed by atoms with E-state index < -0.39 is 0 Å². The molecular formula is C11H20O2S. The first kappa shape index (κ1) is 12.1. The molecule has 0 N–H and O–H groups in total. The first-order chi connectivity index (χ1) is 6.83. The standard InChI is InChI=1S/C11H20O2S/c1-2-11(4-3-7-13-10-14)5-8-12-9-6-11/h3-4,14H,2,5-10H2,1H3. The van der Waals surface area contributed by atoms with Gasteiger partial charge in [0.15, 0.2) is 0 Å². The van der Waals surface area contributed by atoms with Crippen molar-refractivity contribution in [1.29, 1.82) is 0 Å². The average molecular weight is 216 g/mol. The summed E-state index contributed by atoms with van der Waals surface area (Å²) in [6, 6.07) is 0. The van der Waals surface area contributed by atoms with E-state index in [1.165, 1.54) is 6.42 Å². The van der Waals surface area contributed by atoms with Crippen LogP contribution in [0.1, 0.15) is 26.2 Å². The lowest BCUT2D eigenvalue weighted by Crippen LogP contribution is -2.26. The highest BCUT2D eigenvalue weighted by atomic mass is 32.1. The summed E-state index contributed by atoms with van der Waals surface area (Å²) in [4.78, 5) is 0. The molecular weight excluding hydrogens is 196 g/mol. The molecule has 1 fully saturated rings. The van der Waals surface area contributed by atoms with Gasteiger partial charge in [0.25, 0.3) is 0 Å². The molecule has 1 saturated heterocycles. The lowest BCUT2D eigenvalue weighted by molar-refractivity contribution is 0.0353. The Hall–Kier alpha value is 0.01000. The van der Waals surface area contributed by atoms with E-state index >= 15 is 0 Å². The summed E-state index contributed by atoms with van der Waals surface area (Å²) < 4.78 is 10.5. The number of ether oxygens (including phenoxy) is 2. The van der Waals surface area contributed by atoms with Crippen molar-refractivity contribution in [2.24, 2.45) is 5.41 Å². The SMILES string of the molecule is CCC1(C=CCOCS)CCOCC1. The van der Waals surface area contributed by atoms with Gasteiger partial charge in [-0.2, -0.15) is 12.6 Å². The molecule has 0 amide bonds. The predicted molar refractivity (Wildman–Crippen MR) is 61.7 cm³/mol. The van der Waals surface area contributed by atoms with Crippen LogP contribution in [-0.2, 0) is 9.47 Å². The van der Waals surface area contributed by atoms with Crippen LogP contribution in [0.15, 0.2) is 12.2 Å². The van der Waals surface area contributed by atoms with Crippen molar-refractivity contribution in [3.8, 4) is 0 Å². The van der Waals surface area contributed by atoms with Gasteiger partial charge in [0, 0.05) is 13.2 Å². The Morgan fingerprint density at radius 1 is 1.43 bits per heavy atom. The topological polar surface area (TPSA) is 18.5 Å². The predicted octanol–water partition coefficient (Wildman–Crippen LogP) is 2.65. The molecule has 0 aromatic carbocycles. The summed E-state index contributed by atoms with van der Waals surface area (Å²) in [6.07, 6.45) is 7.89. The molecule has 0 aromatic heterocycles. The van der Waals surface area contributed by atoms with Crippen LogP contribution < -0.4 is 0 Å². The first-order valence-corrected chi connectivity index (χ1v) is 5.90. The normalized spacial score (nSPS) is 21.6. The minimum absolute atomic E-state index is 0.359. The maximum Gasteiger partial charge on any atom is 0.0896 e. The van der Waals surface area contributed by atoms with Crippen LogP contribution >= 0.6 is 12.6 Å². The zero-order valence-electron chi connectivity index (χ0n) is 8.87. The Morgan fingerprint density at radius 3 is 2.71 bits per heavy atom. The second-order valence-electron chi connectivity index (χ2n) is 3.73. The van der Waals surface area contributed by atoms with Crippen LogP contribution in [0.25, 0.3) is 0 Å². The second-order valence-corrected chi connectivity index (χ2v) is 3.99. The van der Waals surface area contributed by atoms with Crippen LogP contribution in [0.5, 0.6) is 0 Å². The monoisotopic (exact) mass is 216 g/mol. The maximum absolute atomic E-state index is 5.38. The van der Waals surface area contributed by atoms with Crippen molar-refractivity contribution in [1.82, 2.24) is 0 Å². The molecule has 1 aliphatic rings. The number of allylic oxidation sites excluding steroid dienone is 1. The molecule has 0 atom stereocenters. The van der Waals surface area contributed by atoms with Crippen molar-refractivity contribution in [2.75, 3.05) is 25.8 Å². The van der Waals surface area contributed by atoms with Crippen LogP contribution in [0, 0.1) is 5.41 Å². The summed E-state index contributed by atoms with van der Waals surface area (Å²) in [6.45, 7) is 4.71. The van der Waals surface area contributed by atoms with E-state index in [-0.39, 0.29) is 0 Å². The van der Waals surface area contributed by atoms with Gasteiger partial charge in [-0.15, -0.1) is 0 Å². The largest absolute Gasteiger partial charge is 0.381 e. The third kappa shape index (κ3) is 3.64. The van der Waals surface area contributed by atoms with Gasteiger partial charge < -0.3 is 9.47 Å². The zero-order valence-corrected chi connectivity index (χ0v) is 9.76. The van der Waals surface area contributed by atoms with Crippen molar-refractivity contribution in [3.05, 3.63) is 12.2 Å². The van der Waals surface area contributed by atoms with Gasteiger partial charge in [-0.1, -0.05) is 19.1 Å². The van der Waals surface area contributed by atoms with E-state index in [0.29, 0.717) is 18.0 Å². The molecule has 0 aromatic rings. The number of rotatable bonds is 5. The van der Waals surface area contributed by atoms with Gasteiger partial charge in [-0.05, 0) is 24.7 Å². The zero-order chi connectivity index (χ0) is 10.3.